The first kappa shape index (κ1) is 21.9. The Morgan fingerprint density at radius 1 is 1.08 bits per heavy atom. The van der Waals surface area contributed by atoms with E-state index in [4.69, 9.17) is 9.47 Å². The fraction of sp³-hybridized carbons (Fsp3) is 0.579. The molecular formula is C19H25F2O5-. The molecule has 0 aromatic heterocycles. The van der Waals surface area contributed by atoms with E-state index < -0.39 is 35.5 Å². The van der Waals surface area contributed by atoms with Gasteiger partial charge in [-0.25, -0.2) is 4.79 Å². The molecule has 0 saturated carbocycles. The zero-order chi connectivity index (χ0) is 20.4. The van der Waals surface area contributed by atoms with Crippen LogP contribution < -0.4 is 9.84 Å². The van der Waals surface area contributed by atoms with Crippen LogP contribution in [-0.2, 0) is 9.53 Å². The zero-order valence-electron chi connectivity index (χ0n) is 16.1. The number of carbonyl (C=O) groups excluding carboxylic acids is 2. The first-order chi connectivity index (χ1) is 11.7. The minimum atomic E-state index is -4.29. The van der Waals surface area contributed by atoms with Gasteiger partial charge in [-0.1, -0.05) is 13.8 Å². The van der Waals surface area contributed by atoms with E-state index >= 15 is 0 Å². The van der Waals surface area contributed by atoms with Crippen molar-refractivity contribution in [2.75, 3.05) is 0 Å². The molecule has 0 heterocycles. The number of halogens is 2. The number of benzene rings is 1. The largest absolute Gasteiger partial charge is 0.544 e. The van der Waals surface area contributed by atoms with Crippen molar-refractivity contribution < 1.29 is 33.0 Å². The van der Waals surface area contributed by atoms with Crippen LogP contribution in [0, 0.1) is 19.8 Å². The number of aliphatic carboxylic acids is 1. The Bertz CT molecular complexity index is 690. The predicted molar refractivity (Wildman–Crippen MR) is 90.3 cm³/mol. The zero-order valence-corrected chi connectivity index (χ0v) is 16.1. The number of esters is 1. The standard InChI is InChI=1S/C19H26F2O5/c1-10(2)15(19(20,21)17(23)24)25-16(22)13-8-12(4)14(9-11(13)3)26-18(5,6)7/h8-10,15H,1-7H3,(H,23,24)/p-1. The molecule has 0 bridgehead atoms. The van der Waals surface area contributed by atoms with Gasteiger partial charge < -0.3 is 19.4 Å². The number of ether oxygens (including phenoxy) is 2. The molecular weight excluding hydrogens is 346 g/mol. The Morgan fingerprint density at radius 3 is 2.04 bits per heavy atom. The van der Waals surface area contributed by atoms with Crippen LogP contribution in [0.5, 0.6) is 5.75 Å². The average Bonchev–Trinajstić information content (AvgIpc) is 2.45. The lowest BCUT2D eigenvalue weighted by Crippen LogP contribution is -2.53. The number of hydrogen-bond acceptors (Lipinski definition) is 5. The van der Waals surface area contributed by atoms with Crippen molar-refractivity contribution in [3.63, 3.8) is 0 Å². The van der Waals surface area contributed by atoms with E-state index in [0.717, 1.165) is 0 Å². The number of aryl methyl sites for hydroxylation is 2. The van der Waals surface area contributed by atoms with Crippen molar-refractivity contribution in [2.45, 2.75) is 66.1 Å². The van der Waals surface area contributed by atoms with E-state index in [-0.39, 0.29) is 5.56 Å². The van der Waals surface area contributed by atoms with Gasteiger partial charge in [0.2, 0.25) is 0 Å². The summed E-state index contributed by atoms with van der Waals surface area (Å²) in [4.78, 5) is 23.1. The lowest BCUT2D eigenvalue weighted by atomic mass is 10.00. The third-order valence-corrected chi connectivity index (χ3v) is 3.63. The summed E-state index contributed by atoms with van der Waals surface area (Å²) in [5, 5.41) is 10.7. The summed E-state index contributed by atoms with van der Waals surface area (Å²) in [6.45, 7) is 11.6. The molecule has 26 heavy (non-hydrogen) atoms. The van der Waals surface area contributed by atoms with Gasteiger partial charge in [-0.05, 0) is 63.8 Å². The molecule has 0 amide bonds. The lowest BCUT2D eigenvalue weighted by Gasteiger charge is -2.30. The molecule has 7 heteroatoms. The maximum atomic E-state index is 13.8. The second-order valence-electron chi connectivity index (χ2n) is 7.63. The Kier molecular flexibility index (Phi) is 6.39. The summed E-state index contributed by atoms with van der Waals surface area (Å²) in [6, 6.07) is 3.10. The van der Waals surface area contributed by atoms with Crippen molar-refractivity contribution >= 4 is 11.9 Å². The normalized spacial score (nSPS) is 13.5. The molecule has 1 rings (SSSR count). The monoisotopic (exact) mass is 371 g/mol. The Balaban J connectivity index is 3.17. The van der Waals surface area contributed by atoms with Gasteiger partial charge in [0.25, 0.3) is 0 Å². The van der Waals surface area contributed by atoms with E-state index in [1.54, 1.807) is 19.9 Å². The second-order valence-corrected chi connectivity index (χ2v) is 7.63. The van der Waals surface area contributed by atoms with Gasteiger partial charge in [-0.15, -0.1) is 0 Å². The molecule has 0 aliphatic carbocycles. The highest BCUT2D eigenvalue weighted by molar-refractivity contribution is 5.92. The van der Waals surface area contributed by atoms with Crippen LogP contribution in [0.4, 0.5) is 8.78 Å². The minimum Gasteiger partial charge on any atom is -0.544 e. The van der Waals surface area contributed by atoms with Gasteiger partial charge in [0.15, 0.2) is 6.10 Å². The van der Waals surface area contributed by atoms with Crippen molar-refractivity contribution in [2.24, 2.45) is 5.92 Å². The fourth-order valence-corrected chi connectivity index (χ4v) is 2.37. The van der Waals surface area contributed by atoms with Crippen molar-refractivity contribution in [1.29, 1.82) is 0 Å². The van der Waals surface area contributed by atoms with Crippen LogP contribution >= 0.6 is 0 Å². The first-order valence-corrected chi connectivity index (χ1v) is 8.27. The minimum absolute atomic E-state index is 0.0727. The molecule has 0 spiro atoms. The Hall–Kier alpha value is -2.18. The van der Waals surface area contributed by atoms with Crippen molar-refractivity contribution in [3.8, 4) is 5.75 Å². The summed E-state index contributed by atoms with van der Waals surface area (Å²) in [5.74, 6) is -8.25. The van der Waals surface area contributed by atoms with Crippen molar-refractivity contribution in [1.82, 2.24) is 0 Å². The van der Waals surface area contributed by atoms with Gasteiger partial charge in [0.1, 0.15) is 17.3 Å². The summed E-state index contributed by atoms with van der Waals surface area (Å²) < 4.78 is 38.3. The third-order valence-electron chi connectivity index (χ3n) is 3.63. The number of alkyl halides is 2. The van der Waals surface area contributed by atoms with Crippen LogP contribution in [0.2, 0.25) is 0 Å². The highest BCUT2D eigenvalue weighted by Crippen LogP contribution is 2.30. The highest BCUT2D eigenvalue weighted by atomic mass is 19.3. The van der Waals surface area contributed by atoms with Gasteiger partial charge >= 0.3 is 11.9 Å². The maximum absolute atomic E-state index is 13.8. The lowest BCUT2D eigenvalue weighted by molar-refractivity contribution is -0.337. The average molecular weight is 371 g/mol. The fourth-order valence-electron chi connectivity index (χ4n) is 2.37. The van der Waals surface area contributed by atoms with Crippen LogP contribution in [0.1, 0.15) is 56.1 Å². The number of rotatable bonds is 6. The Labute approximate surface area is 152 Å². The van der Waals surface area contributed by atoms with Gasteiger partial charge in [-0.2, -0.15) is 8.78 Å². The molecule has 1 aromatic rings. The van der Waals surface area contributed by atoms with Gasteiger partial charge in [0.05, 0.1) is 5.56 Å². The molecule has 0 radical (unpaired) electrons. The number of carboxylic acid groups (broad SMARTS) is 1. The Morgan fingerprint density at radius 2 is 1.62 bits per heavy atom. The SMILES string of the molecule is Cc1cc(C(=O)OC(C(C)C)C(F)(F)C(=O)[O-])c(C)cc1OC(C)(C)C. The van der Waals surface area contributed by atoms with Crippen LogP contribution in [0.3, 0.4) is 0 Å². The molecule has 0 fully saturated rings. The number of hydrogen-bond donors (Lipinski definition) is 0. The molecule has 1 atom stereocenters. The molecule has 0 N–H and O–H groups in total. The molecule has 0 saturated heterocycles. The highest BCUT2D eigenvalue weighted by Gasteiger charge is 2.46. The summed E-state index contributed by atoms with van der Waals surface area (Å²) >= 11 is 0. The third kappa shape index (κ3) is 5.16. The van der Waals surface area contributed by atoms with Crippen LogP contribution in [0.25, 0.3) is 0 Å². The molecule has 146 valence electrons. The van der Waals surface area contributed by atoms with Crippen LogP contribution in [0.15, 0.2) is 12.1 Å². The van der Waals surface area contributed by atoms with E-state index in [1.165, 1.54) is 19.9 Å². The molecule has 1 unspecified atom stereocenters. The number of carbonyl (C=O) groups is 2. The van der Waals surface area contributed by atoms with Gasteiger partial charge in [-0.3, -0.25) is 0 Å². The number of carboxylic acids is 1. The summed E-state index contributed by atoms with van der Waals surface area (Å²) in [6.07, 6.45) is -2.13. The molecule has 0 aliphatic rings. The second kappa shape index (κ2) is 7.60. The predicted octanol–water partition coefficient (Wildman–Crippen LogP) is 3.05. The first-order valence-electron chi connectivity index (χ1n) is 8.27. The summed E-state index contributed by atoms with van der Waals surface area (Å²) in [7, 11) is 0. The summed E-state index contributed by atoms with van der Waals surface area (Å²) in [5.41, 5.74) is 0.728. The molecule has 1 aromatic carbocycles. The van der Waals surface area contributed by atoms with Gasteiger partial charge in [0, 0.05) is 0 Å². The van der Waals surface area contributed by atoms with E-state index in [1.807, 2.05) is 20.8 Å². The van der Waals surface area contributed by atoms with Crippen LogP contribution in [-0.4, -0.2) is 29.6 Å². The molecule has 5 nitrogen and oxygen atoms in total. The quantitative estimate of drug-likeness (QED) is 0.719. The van der Waals surface area contributed by atoms with E-state index in [2.05, 4.69) is 0 Å². The smallest absolute Gasteiger partial charge is 0.338 e. The van der Waals surface area contributed by atoms with E-state index in [0.29, 0.717) is 16.9 Å². The van der Waals surface area contributed by atoms with E-state index in [9.17, 15) is 23.5 Å². The van der Waals surface area contributed by atoms with Crippen molar-refractivity contribution in [3.05, 3.63) is 28.8 Å². The maximum Gasteiger partial charge on any atom is 0.338 e. The molecule has 0 aliphatic heterocycles. The topological polar surface area (TPSA) is 75.7 Å².